The minimum Gasteiger partial charge on any atom is -0.491 e. The molecule has 8 heteroatoms. The molecule has 1 atom stereocenters. The van der Waals surface area contributed by atoms with E-state index in [2.05, 4.69) is 10.2 Å². The van der Waals surface area contributed by atoms with Crippen LogP contribution in [-0.4, -0.2) is 52.8 Å². The molecule has 2 aliphatic rings. The molecule has 1 unspecified atom stereocenters. The Morgan fingerprint density at radius 2 is 1.92 bits per heavy atom. The smallest absolute Gasteiger partial charge is 0.341 e. The van der Waals surface area contributed by atoms with Gasteiger partial charge < -0.3 is 19.7 Å². The molecule has 0 bridgehead atoms. The summed E-state index contributed by atoms with van der Waals surface area (Å²) in [4.78, 5) is 38.2. The summed E-state index contributed by atoms with van der Waals surface area (Å²) < 4.78 is 6.56. The summed E-state index contributed by atoms with van der Waals surface area (Å²) in [7, 11) is 1.26. The molecule has 3 rings (SSSR count). The van der Waals surface area contributed by atoms with Crippen LogP contribution in [0.4, 0.5) is 0 Å². The molecular formula is C16H21N3O5. The number of pyridine rings is 1. The van der Waals surface area contributed by atoms with Crippen molar-refractivity contribution in [2.45, 2.75) is 38.4 Å². The Morgan fingerprint density at radius 1 is 1.25 bits per heavy atom. The fourth-order valence-electron chi connectivity index (χ4n) is 3.42. The number of aromatic nitrogens is 1. The maximum atomic E-state index is 12.5. The summed E-state index contributed by atoms with van der Waals surface area (Å²) in [5.41, 5.74) is -1.09. The average molecular weight is 335 g/mol. The molecule has 130 valence electrons. The number of carboxylic acid groups (broad SMARTS) is 1. The Bertz CT molecular complexity index is 719. The van der Waals surface area contributed by atoms with Crippen molar-refractivity contribution in [3.05, 3.63) is 27.7 Å². The van der Waals surface area contributed by atoms with Gasteiger partial charge in [0.25, 0.3) is 5.91 Å². The molecule has 1 saturated heterocycles. The quantitative estimate of drug-likeness (QED) is 0.834. The fraction of sp³-hybridized carbons (Fsp3) is 0.562. The minimum absolute atomic E-state index is 0.0820. The number of ether oxygens (including phenoxy) is 1. The molecule has 0 saturated carbocycles. The topological polar surface area (TPSA) is 101 Å². The summed E-state index contributed by atoms with van der Waals surface area (Å²) in [6, 6.07) is 0. The van der Waals surface area contributed by atoms with Crippen LogP contribution in [0.15, 0.2) is 11.0 Å². The van der Waals surface area contributed by atoms with Crippen LogP contribution in [0.2, 0.25) is 0 Å². The Morgan fingerprint density at radius 3 is 2.50 bits per heavy atom. The third kappa shape index (κ3) is 2.89. The first-order valence-corrected chi connectivity index (χ1v) is 8.12. The van der Waals surface area contributed by atoms with Crippen molar-refractivity contribution in [3.8, 4) is 5.75 Å². The highest BCUT2D eigenvalue weighted by Crippen LogP contribution is 2.21. The third-order valence-corrected chi connectivity index (χ3v) is 4.64. The number of aromatic carboxylic acids is 1. The number of hydrogen-bond acceptors (Lipinski definition) is 5. The van der Waals surface area contributed by atoms with Gasteiger partial charge in [0.05, 0.1) is 13.7 Å². The molecule has 3 heterocycles. The number of nitrogens with zero attached hydrogens (tertiary/aromatic N) is 2. The first-order valence-electron chi connectivity index (χ1n) is 8.12. The first-order chi connectivity index (χ1) is 11.5. The van der Waals surface area contributed by atoms with Crippen molar-refractivity contribution in [2.24, 2.45) is 0 Å². The summed E-state index contributed by atoms with van der Waals surface area (Å²) in [6.45, 7) is 2.17. The lowest BCUT2D eigenvalue weighted by Crippen LogP contribution is -2.55. The van der Waals surface area contributed by atoms with E-state index in [9.17, 15) is 19.5 Å². The zero-order chi connectivity index (χ0) is 17.3. The third-order valence-electron chi connectivity index (χ3n) is 4.64. The molecule has 2 aliphatic heterocycles. The van der Waals surface area contributed by atoms with Gasteiger partial charge in [-0.25, -0.2) is 4.79 Å². The van der Waals surface area contributed by atoms with Crippen LogP contribution in [0.5, 0.6) is 5.75 Å². The van der Waals surface area contributed by atoms with Gasteiger partial charge in [-0.1, -0.05) is 12.8 Å². The lowest BCUT2D eigenvalue weighted by atomic mass is 10.1. The van der Waals surface area contributed by atoms with Gasteiger partial charge in [0.2, 0.25) is 5.43 Å². The molecule has 0 aromatic carbocycles. The van der Waals surface area contributed by atoms with E-state index in [1.54, 1.807) is 0 Å². The van der Waals surface area contributed by atoms with Crippen molar-refractivity contribution < 1.29 is 19.4 Å². The van der Waals surface area contributed by atoms with Gasteiger partial charge in [0.1, 0.15) is 11.7 Å². The van der Waals surface area contributed by atoms with Crippen LogP contribution in [0, 0.1) is 0 Å². The average Bonchev–Trinajstić information content (AvgIpc) is 2.83. The molecule has 1 aromatic rings. The Kier molecular flexibility index (Phi) is 4.57. The van der Waals surface area contributed by atoms with E-state index < -0.39 is 17.3 Å². The Balaban J connectivity index is 2.00. The first kappa shape index (κ1) is 16.5. The summed E-state index contributed by atoms with van der Waals surface area (Å²) >= 11 is 0. The number of carboxylic acids is 1. The van der Waals surface area contributed by atoms with Crippen molar-refractivity contribution in [1.29, 1.82) is 0 Å². The van der Waals surface area contributed by atoms with E-state index in [0.717, 1.165) is 25.9 Å². The summed E-state index contributed by atoms with van der Waals surface area (Å²) in [5.74, 6) is -1.96. The van der Waals surface area contributed by atoms with Crippen LogP contribution in [-0.2, 0) is 6.54 Å². The van der Waals surface area contributed by atoms with E-state index in [1.165, 1.54) is 30.7 Å². The van der Waals surface area contributed by atoms with Crippen LogP contribution in [0.25, 0.3) is 0 Å². The second kappa shape index (κ2) is 6.64. The van der Waals surface area contributed by atoms with Gasteiger partial charge in [-0.15, -0.1) is 0 Å². The van der Waals surface area contributed by atoms with Crippen LogP contribution >= 0.6 is 0 Å². The lowest BCUT2D eigenvalue weighted by Gasteiger charge is -2.36. The number of likely N-dealkylation sites (tertiary alicyclic amines) is 1. The summed E-state index contributed by atoms with van der Waals surface area (Å²) in [6.07, 6.45) is 5.54. The van der Waals surface area contributed by atoms with E-state index in [1.807, 2.05) is 0 Å². The number of methoxy groups -OCH3 is 1. The highest BCUT2D eigenvalue weighted by atomic mass is 16.5. The second-order valence-corrected chi connectivity index (χ2v) is 6.15. The van der Waals surface area contributed by atoms with Crippen molar-refractivity contribution >= 4 is 11.9 Å². The molecule has 1 fully saturated rings. The predicted octanol–water partition coefficient (Wildman–Crippen LogP) is 0.501. The number of rotatable bonds is 3. The number of carbonyl (C=O) groups is 2. The number of amides is 1. The maximum Gasteiger partial charge on any atom is 0.341 e. The van der Waals surface area contributed by atoms with Gasteiger partial charge in [-0.05, 0) is 12.8 Å². The van der Waals surface area contributed by atoms with Gasteiger partial charge in [0, 0.05) is 19.3 Å². The minimum atomic E-state index is -1.33. The van der Waals surface area contributed by atoms with Gasteiger partial charge in [0.15, 0.2) is 11.4 Å². The molecule has 1 amide bonds. The van der Waals surface area contributed by atoms with E-state index in [-0.39, 0.29) is 23.2 Å². The fourth-order valence-corrected chi connectivity index (χ4v) is 3.42. The molecule has 0 aliphatic carbocycles. The SMILES string of the molecule is COc1c2n(cc(C(=O)O)c1=O)CC(N1CCCCCC1)NC2=O. The monoisotopic (exact) mass is 335 g/mol. The zero-order valence-electron chi connectivity index (χ0n) is 13.6. The molecule has 0 radical (unpaired) electrons. The highest BCUT2D eigenvalue weighted by Gasteiger charge is 2.33. The molecule has 1 aromatic heterocycles. The second-order valence-electron chi connectivity index (χ2n) is 6.15. The van der Waals surface area contributed by atoms with Gasteiger partial charge in [-0.3, -0.25) is 14.5 Å². The number of fused-ring (bicyclic) bond motifs is 1. The predicted molar refractivity (Wildman–Crippen MR) is 85.5 cm³/mol. The van der Waals surface area contributed by atoms with Crippen molar-refractivity contribution in [1.82, 2.24) is 14.8 Å². The lowest BCUT2D eigenvalue weighted by molar-refractivity contribution is 0.0682. The van der Waals surface area contributed by atoms with Crippen LogP contribution in [0.3, 0.4) is 0 Å². The molecule has 0 spiro atoms. The van der Waals surface area contributed by atoms with E-state index in [0.29, 0.717) is 6.54 Å². The van der Waals surface area contributed by atoms with E-state index in [4.69, 9.17) is 4.74 Å². The Labute approximate surface area is 139 Å². The number of carbonyl (C=O) groups excluding carboxylic acids is 1. The summed E-state index contributed by atoms with van der Waals surface area (Å²) in [5, 5.41) is 12.1. The maximum absolute atomic E-state index is 12.5. The van der Waals surface area contributed by atoms with Crippen molar-refractivity contribution in [3.63, 3.8) is 0 Å². The number of hydrogen-bond donors (Lipinski definition) is 2. The molecular weight excluding hydrogens is 314 g/mol. The number of nitrogens with one attached hydrogen (secondary N) is 1. The molecule has 8 nitrogen and oxygen atoms in total. The van der Waals surface area contributed by atoms with E-state index >= 15 is 0 Å². The Hall–Kier alpha value is -2.35. The standard InChI is InChI=1S/C16H21N3O5/c1-24-14-12-15(21)17-11(18-6-4-2-3-5-7-18)9-19(12)8-10(13(14)20)16(22)23/h8,11H,2-7,9H2,1H3,(H,17,21)(H,22,23). The highest BCUT2D eigenvalue weighted by molar-refractivity contribution is 5.97. The van der Waals surface area contributed by atoms with Crippen molar-refractivity contribution in [2.75, 3.05) is 20.2 Å². The normalized spacial score (nSPS) is 21.5. The largest absolute Gasteiger partial charge is 0.491 e. The van der Waals surface area contributed by atoms with Gasteiger partial charge in [-0.2, -0.15) is 0 Å². The van der Waals surface area contributed by atoms with Gasteiger partial charge >= 0.3 is 5.97 Å². The molecule has 24 heavy (non-hydrogen) atoms. The van der Waals surface area contributed by atoms with Crippen LogP contribution in [0.1, 0.15) is 46.5 Å². The van der Waals surface area contributed by atoms with Crippen LogP contribution < -0.4 is 15.5 Å². The molecule has 2 N–H and O–H groups in total. The zero-order valence-corrected chi connectivity index (χ0v) is 13.6.